The number of rotatable bonds is 8. The standard InChI is InChI=1S/C53H62ClF2N11O/c1-36(68)64-24-15-49-47(34-64)52(66-19-3-4-37-28-45(39-32-58-60(2)33-39)46(51(55)56)30-50(37)66)59-67(49)43-13-22-62(23-14-43)42-11-20-61(21-12-42)40-7-9-41(10-8-40)63-25-16-53(17-26-63)18-27-65(35-53)44-6-5-38(31-57)48(54)29-44/h5-10,28-30,32-33,42-43,51H,3-4,11-27,34-35H2,1-2H3. The van der Waals surface area contributed by atoms with Crippen molar-refractivity contribution in [1.29, 1.82) is 5.26 Å². The third-order valence-corrected chi connectivity index (χ3v) is 16.8. The van der Waals surface area contributed by atoms with Crippen LogP contribution in [0.5, 0.6) is 0 Å². The number of benzene rings is 3. The van der Waals surface area contributed by atoms with Crippen molar-refractivity contribution in [2.45, 2.75) is 96.2 Å². The van der Waals surface area contributed by atoms with Crippen molar-refractivity contribution in [2.75, 3.05) is 85.0 Å². The number of anilines is 5. The minimum absolute atomic E-state index is 0.00618. The van der Waals surface area contributed by atoms with Crippen LogP contribution in [-0.2, 0) is 31.2 Å². The number of piperidine rings is 3. The van der Waals surface area contributed by atoms with E-state index in [-0.39, 0.29) is 17.5 Å². The van der Waals surface area contributed by atoms with Gasteiger partial charge in [0.25, 0.3) is 6.43 Å². The molecular weight excluding hydrogens is 880 g/mol. The number of aromatic nitrogens is 4. The lowest BCUT2D eigenvalue weighted by atomic mass is 9.77. The van der Waals surface area contributed by atoms with Crippen LogP contribution in [0.1, 0.15) is 98.7 Å². The van der Waals surface area contributed by atoms with E-state index in [1.54, 1.807) is 37.1 Å². The summed E-state index contributed by atoms with van der Waals surface area (Å²) in [4.78, 5) is 27.1. The number of halogens is 3. The molecule has 6 aliphatic rings. The first-order valence-electron chi connectivity index (χ1n) is 24.9. The molecule has 0 saturated carbocycles. The molecule has 8 heterocycles. The quantitative estimate of drug-likeness (QED) is 0.151. The molecule has 0 atom stereocenters. The van der Waals surface area contributed by atoms with Gasteiger partial charge in [-0.15, -0.1) is 0 Å². The van der Waals surface area contributed by atoms with Crippen LogP contribution in [0, 0.1) is 16.7 Å². The number of nitriles is 1. The Morgan fingerprint density at radius 1 is 0.824 bits per heavy atom. The fraction of sp³-hybridized carbons (Fsp3) is 0.509. The molecule has 5 aromatic rings. The number of hydrogen-bond acceptors (Lipinski definition) is 9. The van der Waals surface area contributed by atoms with E-state index < -0.39 is 6.43 Å². The fourth-order valence-corrected chi connectivity index (χ4v) is 12.7. The minimum atomic E-state index is -2.64. The zero-order valence-electron chi connectivity index (χ0n) is 39.4. The molecular formula is C53H62ClF2N11O. The molecule has 2 aromatic heterocycles. The lowest BCUT2D eigenvalue weighted by molar-refractivity contribution is -0.129. The van der Waals surface area contributed by atoms with E-state index in [1.165, 1.54) is 36.3 Å². The maximum atomic E-state index is 14.8. The minimum Gasteiger partial charge on any atom is -0.371 e. The summed E-state index contributed by atoms with van der Waals surface area (Å²) < 4.78 is 33.5. The van der Waals surface area contributed by atoms with Crippen molar-refractivity contribution in [2.24, 2.45) is 12.5 Å². The largest absolute Gasteiger partial charge is 0.371 e. The van der Waals surface area contributed by atoms with Gasteiger partial charge in [-0.2, -0.15) is 15.5 Å². The van der Waals surface area contributed by atoms with Gasteiger partial charge < -0.3 is 29.4 Å². The van der Waals surface area contributed by atoms with Crippen molar-refractivity contribution in [3.63, 3.8) is 0 Å². The number of alkyl halides is 2. The molecule has 6 aliphatic heterocycles. The molecule has 1 spiro atoms. The van der Waals surface area contributed by atoms with Gasteiger partial charge in [-0.05, 0) is 129 Å². The van der Waals surface area contributed by atoms with Gasteiger partial charge in [-0.3, -0.25) is 14.2 Å². The Kier molecular flexibility index (Phi) is 12.1. The zero-order chi connectivity index (χ0) is 46.7. The topological polar surface area (TPSA) is 95.9 Å². The summed E-state index contributed by atoms with van der Waals surface area (Å²) in [5.74, 6) is 0.861. The summed E-state index contributed by atoms with van der Waals surface area (Å²) in [6, 6.07) is 21.7. The van der Waals surface area contributed by atoms with Crippen molar-refractivity contribution in [3.05, 3.63) is 100.0 Å². The first-order valence-corrected chi connectivity index (χ1v) is 25.3. The van der Waals surface area contributed by atoms with E-state index in [9.17, 15) is 18.8 Å². The molecule has 68 heavy (non-hydrogen) atoms. The monoisotopic (exact) mass is 941 g/mol. The number of nitrogens with zero attached hydrogens (tertiary/aromatic N) is 11. The van der Waals surface area contributed by atoms with Gasteiger partial charge in [0, 0.05) is 143 Å². The van der Waals surface area contributed by atoms with E-state index in [0.717, 1.165) is 126 Å². The molecule has 0 N–H and O–H groups in total. The number of aryl methyl sites for hydroxylation is 2. The summed E-state index contributed by atoms with van der Waals surface area (Å²) in [5, 5.41) is 19.5. The Bertz CT molecular complexity index is 2700. The zero-order valence-corrected chi connectivity index (χ0v) is 40.1. The Labute approximate surface area is 403 Å². The van der Waals surface area contributed by atoms with Gasteiger partial charge in [0.05, 0.1) is 29.4 Å². The fourth-order valence-electron chi connectivity index (χ4n) is 12.5. The number of likely N-dealkylation sites (tertiary alicyclic amines) is 1. The van der Waals surface area contributed by atoms with E-state index in [2.05, 4.69) is 64.6 Å². The normalized spacial score (nSPS) is 20.3. The molecule has 0 aliphatic carbocycles. The number of fused-ring (bicyclic) bond motifs is 2. The molecule has 4 fully saturated rings. The first-order chi connectivity index (χ1) is 33.0. The highest BCUT2D eigenvalue weighted by Crippen LogP contribution is 2.46. The van der Waals surface area contributed by atoms with Crippen LogP contribution in [0.3, 0.4) is 0 Å². The molecule has 0 unspecified atom stereocenters. The maximum Gasteiger partial charge on any atom is 0.264 e. The average molecular weight is 943 g/mol. The highest BCUT2D eigenvalue weighted by molar-refractivity contribution is 6.32. The highest BCUT2D eigenvalue weighted by atomic mass is 35.5. The van der Waals surface area contributed by atoms with Crippen LogP contribution in [0.2, 0.25) is 5.02 Å². The predicted octanol–water partition coefficient (Wildman–Crippen LogP) is 9.54. The highest BCUT2D eigenvalue weighted by Gasteiger charge is 2.41. The van der Waals surface area contributed by atoms with Crippen molar-refractivity contribution >= 4 is 46.1 Å². The van der Waals surface area contributed by atoms with Gasteiger partial charge >= 0.3 is 0 Å². The molecule has 11 rings (SSSR count). The number of amides is 1. The van der Waals surface area contributed by atoms with Gasteiger partial charge in [-0.1, -0.05) is 11.6 Å². The van der Waals surface area contributed by atoms with Crippen LogP contribution in [-0.4, -0.2) is 107 Å². The van der Waals surface area contributed by atoms with Crippen LogP contribution in [0.15, 0.2) is 67.0 Å². The van der Waals surface area contributed by atoms with Crippen molar-refractivity contribution < 1.29 is 13.6 Å². The van der Waals surface area contributed by atoms with Crippen molar-refractivity contribution in [1.82, 2.24) is 29.4 Å². The number of carbonyl (C=O) groups is 1. The summed E-state index contributed by atoms with van der Waals surface area (Å²) >= 11 is 6.38. The van der Waals surface area contributed by atoms with Crippen LogP contribution in [0.4, 0.5) is 37.3 Å². The van der Waals surface area contributed by atoms with Crippen LogP contribution in [0.25, 0.3) is 11.1 Å². The molecule has 1 amide bonds. The lowest BCUT2D eigenvalue weighted by Crippen LogP contribution is -2.48. The predicted molar refractivity (Wildman–Crippen MR) is 264 cm³/mol. The number of carbonyl (C=O) groups excluding carboxylic acids is 1. The summed E-state index contributed by atoms with van der Waals surface area (Å²) in [5.41, 5.74) is 9.93. The lowest BCUT2D eigenvalue weighted by Gasteiger charge is -2.43. The second-order valence-corrected chi connectivity index (χ2v) is 20.8. The first kappa shape index (κ1) is 44.8. The van der Waals surface area contributed by atoms with Gasteiger partial charge in [0.1, 0.15) is 6.07 Å². The second-order valence-electron chi connectivity index (χ2n) is 20.3. The molecule has 0 radical (unpaired) electrons. The summed E-state index contributed by atoms with van der Waals surface area (Å²) in [6.45, 7) is 11.8. The Morgan fingerprint density at radius 3 is 2.15 bits per heavy atom. The smallest absolute Gasteiger partial charge is 0.264 e. The van der Waals surface area contributed by atoms with Crippen LogP contribution >= 0.6 is 11.6 Å². The maximum absolute atomic E-state index is 14.8. The Balaban J connectivity index is 0.712. The molecule has 4 saturated heterocycles. The average Bonchev–Trinajstić information content (AvgIpc) is 4.10. The van der Waals surface area contributed by atoms with E-state index >= 15 is 0 Å². The summed E-state index contributed by atoms with van der Waals surface area (Å²) in [6.07, 6.45) is 11.1. The third kappa shape index (κ3) is 8.48. The second kappa shape index (κ2) is 18.3. The van der Waals surface area contributed by atoms with E-state index in [1.807, 2.05) is 29.2 Å². The van der Waals surface area contributed by atoms with Gasteiger partial charge in [-0.25, -0.2) is 8.78 Å². The summed E-state index contributed by atoms with van der Waals surface area (Å²) in [7, 11) is 1.80. The van der Waals surface area contributed by atoms with E-state index in [0.29, 0.717) is 52.8 Å². The van der Waals surface area contributed by atoms with Gasteiger partial charge in [0.15, 0.2) is 5.82 Å². The number of hydrogen-bond donors (Lipinski definition) is 0. The van der Waals surface area contributed by atoms with Gasteiger partial charge in [0.2, 0.25) is 5.91 Å². The molecule has 3 aromatic carbocycles. The van der Waals surface area contributed by atoms with E-state index in [4.69, 9.17) is 16.7 Å². The Hall–Kier alpha value is -5.65. The van der Waals surface area contributed by atoms with Crippen molar-refractivity contribution in [3.8, 4) is 17.2 Å². The molecule has 15 heteroatoms. The van der Waals surface area contributed by atoms with Crippen LogP contribution < -0.4 is 19.6 Å². The third-order valence-electron chi connectivity index (χ3n) is 16.5. The molecule has 356 valence electrons. The molecule has 0 bridgehead atoms. The molecule has 12 nitrogen and oxygen atoms in total. The Morgan fingerprint density at radius 2 is 1.50 bits per heavy atom. The SMILES string of the molecule is CC(=O)N1CCc2c(c(N3CCCc4cc(-c5cnn(C)c5)c(C(F)F)cc43)nn2C2CCN(C3CCN(c4ccc(N5CCC6(CC5)CCN(c5ccc(C#N)c(Cl)c5)C6)cc4)CC3)CC2)C1.